The Bertz CT molecular complexity index is 626. The zero-order valence-electron chi connectivity index (χ0n) is 12.0. The monoisotopic (exact) mass is 280 g/mol. The molecular formula is C18H20N2O. The lowest BCUT2D eigenvalue weighted by Crippen LogP contribution is -2.30. The zero-order valence-corrected chi connectivity index (χ0v) is 12.0. The second-order valence-electron chi connectivity index (χ2n) is 6.54. The van der Waals surface area contributed by atoms with Crippen LogP contribution in [0.15, 0.2) is 24.3 Å². The molecule has 108 valence electrons. The maximum Gasteiger partial charge on any atom is 0.252 e. The molecule has 21 heavy (non-hydrogen) atoms. The van der Waals surface area contributed by atoms with E-state index in [0.29, 0.717) is 18.2 Å². The van der Waals surface area contributed by atoms with Crippen LogP contribution in [0.4, 0.5) is 0 Å². The van der Waals surface area contributed by atoms with E-state index >= 15 is 0 Å². The van der Waals surface area contributed by atoms with E-state index in [0.717, 1.165) is 29.2 Å². The molecule has 1 aromatic rings. The first-order valence-corrected chi connectivity index (χ1v) is 7.88. The fourth-order valence-electron chi connectivity index (χ4n) is 4.68. The van der Waals surface area contributed by atoms with Crippen LogP contribution < -0.4 is 11.1 Å². The summed E-state index contributed by atoms with van der Waals surface area (Å²) < 4.78 is 0. The van der Waals surface area contributed by atoms with Crippen molar-refractivity contribution in [2.45, 2.75) is 25.3 Å². The first kappa shape index (κ1) is 12.9. The molecule has 3 fully saturated rings. The van der Waals surface area contributed by atoms with Crippen LogP contribution in [0, 0.1) is 35.5 Å². The van der Waals surface area contributed by atoms with Crippen molar-refractivity contribution in [3.05, 3.63) is 35.4 Å². The van der Waals surface area contributed by atoms with E-state index in [9.17, 15) is 4.79 Å². The Morgan fingerprint density at radius 3 is 2.67 bits per heavy atom. The van der Waals surface area contributed by atoms with Gasteiger partial charge in [0.05, 0.1) is 12.1 Å². The summed E-state index contributed by atoms with van der Waals surface area (Å²) in [6, 6.07) is 7.94. The third-order valence-corrected chi connectivity index (χ3v) is 5.53. The van der Waals surface area contributed by atoms with E-state index in [1.54, 1.807) is 0 Å². The summed E-state index contributed by atoms with van der Waals surface area (Å²) in [6.07, 6.45) is 4.15. The van der Waals surface area contributed by atoms with Crippen molar-refractivity contribution in [2.75, 3.05) is 6.54 Å². The first-order chi connectivity index (χ1) is 10.3. The molecule has 3 saturated carbocycles. The van der Waals surface area contributed by atoms with Crippen LogP contribution in [0.1, 0.15) is 35.2 Å². The topological polar surface area (TPSA) is 55.1 Å². The molecule has 3 N–H and O–H groups in total. The van der Waals surface area contributed by atoms with Crippen LogP contribution >= 0.6 is 0 Å². The number of nitrogens with two attached hydrogens (primary N) is 1. The Morgan fingerprint density at radius 1 is 1.24 bits per heavy atom. The zero-order chi connectivity index (χ0) is 14.4. The average molecular weight is 280 g/mol. The predicted octanol–water partition coefficient (Wildman–Crippen LogP) is 1.77. The quantitative estimate of drug-likeness (QED) is 0.811. The maximum absolute atomic E-state index is 12.5. The lowest BCUT2D eigenvalue weighted by atomic mass is 10.0. The van der Waals surface area contributed by atoms with Crippen molar-refractivity contribution in [2.24, 2.45) is 29.4 Å². The highest BCUT2D eigenvalue weighted by atomic mass is 16.1. The van der Waals surface area contributed by atoms with Crippen LogP contribution in [0.25, 0.3) is 0 Å². The van der Waals surface area contributed by atoms with Crippen LogP contribution in [-0.2, 0) is 0 Å². The number of rotatable bonds is 2. The smallest absolute Gasteiger partial charge is 0.252 e. The Labute approximate surface area is 125 Å². The summed E-state index contributed by atoms with van der Waals surface area (Å²) in [5.74, 6) is 9.11. The number of carbonyl (C=O) groups excluding carboxylic acids is 1. The number of hydrogen-bond donors (Lipinski definition) is 2. The highest BCUT2D eigenvalue weighted by molar-refractivity contribution is 5.97. The van der Waals surface area contributed by atoms with Gasteiger partial charge < -0.3 is 11.1 Å². The van der Waals surface area contributed by atoms with E-state index < -0.39 is 0 Å². The molecule has 0 aromatic heterocycles. The number of carbonyl (C=O) groups is 1. The van der Waals surface area contributed by atoms with Gasteiger partial charge in [0, 0.05) is 11.6 Å². The third kappa shape index (κ3) is 2.06. The highest BCUT2D eigenvalue weighted by Gasteiger charge is 2.65. The van der Waals surface area contributed by atoms with E-state index in [-0.39, 0.29) is 5.91 Å². The lowest BCUT2D eigenvalue weighted by Gasteiger charge is -2.11. The molecule has 4 atom stereocenters. The molecule has 3 aliphatic carbocycles. The van der Waals surface area contributed by atoms with Gasteiger partial charge in [-0.2, -0.15) is 0 Å². The second-order valence-corrected chi connectivity index (χ2v) is 6.54. The molecule has 4 unspecified atom stereocenters. The van der Waals surface area contributed by atoms with Crippen molar-refractivity contribution in [1.82, 2.24) is 5.32 Å². The fraction of sp³-hybridized carbons (Fsp3) is 0.500. The molecule has 0 heterocycles. The molecule has 0 radical (unpaired) electrons. The molecule has 0 spiro atoms. The van der Waals surface area contributed by atoms with E-state index in [4.69, 9.17) is 5.73 Å². The van der Waals surface area contributed by atoms with Gasteiger partial charge in [-0.15, -0.1) is 0 Å². The van der Waals surface area contributed by atoms with Gasteiger partial charge in [-0.1, -0.05) is 24.0 Å². The Kier molecular flexibility index (Phi) is 3.01. The fourth-order valence-corrected chi connectivity index (χ4v) is 4.68. The summed E-state index contributed by atoms with van der Waals surface area (Å²) in [5.41, 5.74) is 6.87. The van der Waals surface area contributed by atoms with Crippen molar-refractivity contribution < 1.29 is 4.79 Å². The number of amides is 1. The lowest BCUT2D eigenvalue weighted by molar-refractivity contribution is 0.0944. The summed E-state index contributed by atoms with van der Waals surface area (Å²) >= 11 is 0. The highest BCUT2D eigenvalue weighted by Crippen LogP contribution is 2.65. The maximum atomic E-state index is 12.5. The number of nitrogens with one attached hydrogen (secondary N) is 1. The molecule has 3 nitrogen and oxygen atoms in total. The van der Waals surface area contributed by atoms with Crippen molar-refractivity contribution in [3.63, 3.8) is 0 Å². The minimum atomic E-state index is 0.0238. The average Bonchev–Trinajstić information content (AvgIpc) is 2.90. The van der Waals surface area contributed by atoms with Crippen molar-refractivity contribution >= 4 is 5.91 Å². The van der Waals surface area contributed by atoms with Crippen molar-refractivity contribution in [3.8, 4) is 11.8 Å². The standard InChI is InChI=1S/C18H20N2O/c19-9-3-5-11-4-1-2-6-14(11)18(21)20-17-15-12-7-8-13(10-12)16(15)17/h1-2,4,6,12-13,15-17H,7-10,19H2,(H,20,21). The number of benzene rings is 1. The minimum absolute atomic E-state index is 0.0238. The molecule has 0 aliphatic heterocycles. The van der Waals surface area contributed by atoms with Gasteiger partial charge in [0.15, 0.2) is 0 Å². The van der Waals surface area contributed by atoms with E-state index in [1.807, 2.05) is 24.3 Å². The van der Waals surface area contributed by atoms with Gasteiger partial charge >= 0.3 is 0 Å². The van der Waals surface area contributed by atoms with E-state index in [2.05, 4.69) is 17.2 Å². The van der Waals surface area contributed by atoms with Gasteiger partial charge in [0.2, 0.25) is 0 Å². The molecular weight excluding hydrogens is 260 g/mol. The molecule has 1 aromatic carbocycles. The van der Waals surface area contributed by atoms with E-state index in [1.165, 1.54) is 19.3 Å². The van der Waals surface area contributed by atoms with Gasteiger partial charge in [0.1, 0.15) is 0 Å². The molecule has 1 amide bonds. The van der Waals surface area contributed by atoms with Crippen molar-refractivity contribution in [1.29, 1.82) is 0 Å². The van der Waals surface area contributed by atoms with Gasteiger partial charge in [-0.3, -0.25) is 4.79 Å². The minimum Gasteiger partial charge on any atom is -0.349 e. The molecule has 0 saturated heterocycles. The summed E-state index contributed by atoms with van der Waals surface area (Å²) in [5, 5.41) is 3.25. The van der Waals surface area contributed by atoms with Crippen LogP contribution in [0.3, 0.4) is 0 Å². The molecule has 4 rings (SSSR count). The Morgan fingerprint density at radius 2 is 1.95 bits per heavy atom. The summed E-state index contributed by atoms with van der Waals surface area (Å²) in [4.78, 5) is 12.5. The number of fused-ring (bicyclic) bond motifs is 5. The van der Waals surface area contributed by atoms with Crippen LogP contribution in [-0.4, -0.2) is 18.5 Å². The predicted molar refractivity (Wildman–Crippen MR) is 81.4 cm³/mol. The van der Waals surface area contributed by atoms with Gasteiger partial charge in [-0.05, 0) is 55.1 Å². The van der Waals surface area contributed by atoms with Crippen LogP contribution in [0.5, 0.6) is 0 Å². The SMILES string of the molecule is NCC#Cc1ccccc1C(=O)NC1C2C3CCC(C3)C12. The van der Waals surface area contributed by atoms with Gasteiger partial charge in [-0.25, -0.2) is 0 Å². The molecule has 3 aliphatic rings. The summed E-state index contributed by atoms with van der Waals surface area (Å²) in [6.45, 7) is 0.312. The normalized spacial score (nSPS) is 34.8. The third-order valence-electron chi connectivity index (χ3n) is 5.53. The number of hydrogen-bond acceptors (Lipinski definition) is 2. The largest absolute Gasteiger partial charge is 0.349 e. The second kappa shape index (κ2) is 4.89. The first-order valence-electron chi connectivity index (χ1n) is 7.88. The summed E-state index contributed by atoms with van der Waals surface area (Å²) in [7, 11) is 0. The molecule has 3 heteroatoms. The Hall–Kier alpha value is -1.79. The molecule has 2 bridgehead atoms. The Balaban J connectivity index is 1.49. The van der Waals surface area contributed by atoms with Gasteiger partial charge in [0.25, 0.3) is 5.91 Å². The van der Waals surface area contributed by atoms with Crippen LogP contribution in [0.2, 0.25) is 0 Å².